The molecule has 5 heterocycles. The summed E-state index contributed by atoms with van der Waals surface area (Å²) in [5.74, 6) is 1.74. The number of amides is 1. The smallest absolute Gasteiger partial charge is 0.407 e. The van der Waals surface area contributed by atoms with Gasteiger partial charge in [-0.15, -0.1) is 0 Å². The minimum absolute atomic E-state index is 0.150. The fourth-order valence-electron chi connectivity index (χ4n) is 4.95. The largest absolute Gasteiger partial charge is 0.465 e. The molecule has 2 aromatic heterocycles. The van der Waals surface area contributed by atoms with E-state index in [0.717, 1.165) is 42.0 Å². The fraction of sp³-hybridized carbons (Fsp3) is 0.571. The Bertz CT molecular complexity index is 1030. The number of nitrogens with zero attached hydrogens (tertiary/aromatic N) is 7. The summed E-state index contributed by atoms with van der Waals surface area (Å²) in [5, 5.41) is 9.48. The second-order valence-corrected chi connectivity index (χ2v) is 8.97. The van der Waals surface area contributed by atoms with Crippen molar-refractivity contribution in [3.63, 3.8) is 0 Å². The number of carboxylic acid groups (broad SMARTS) is 1. The Hall–Kier alpha value is -3.21. The van der Waals surface area contributed by atoms with Crippen molar-refractivity contribution in [1.29, 1.82) is 0 Å². The molecule has 1 amide bonds. The number of nitrogens with two attached hydrogens (primary N) is 1. The number of fused-ring (bicyclic) bond motifs is 1. The van der Waals surface area contributed by atoms with Crippen LogP contribution in [0.1, 0.15) is 25.8 Å². The van der Waals surface area contributed by atoms with Crippen LogP contribution >= 0.6 is 0 Å². The number of morpholine rings is 1. The normalized spacial score (nSPS) is 25.3. The molecule has 170 valence electrons. The van der Waals surface area contributed by atoms with Crippen molar-refractivity contribution in [3.05, 3.63) is 18.0 Å². The van der Waals surface area contributed by atoms with Gasteiger partial charge in [-0.2, -0.15) is 4.98 Å². The van der Waals surface area contributed by atoms with Gasteiger partial charge in [0, 0.05) is 49.7 Å². The van der Waals surface area contributed by atoms with Crippen LogP contribution in [0.15, 0.2) is 12.4 Å². The summed E-state index contributed by atoms with van der Waals surface area (Å²) < 4.78 is 5.60. The van der Waals surface area contributed by atoms with Crippen LogP contribution in [0.2, 0.25) is 0 Å². The van der Waals surface area contributed by atoms with Gasteiger partial charge in [0.2, 0.25) is 11.9 Å². The van der Waals surface area contributed by atoms with Gasteiger partial charge in [-0.3, -0.25) is 0 Å². The Morgan fingerprint density at radius 3 is 2.72 bits per heavy atom. The Labute approximate surface area is 186 Å². The Kier molecular flexibility index (Phi) is 5.00. The molecule has 11 heteroatoms. The van der Waals surface area contributed by atoms with E-state index in [1.54, 1.807) is 12.4 Å². The van der Waals surface area contributed by atoms with Crippen LogP contribution in [0.5, 0.6) is 0 Å². The van der Waals surface area contributed by atoms with E-state index in [2.05, 4.69) is 33.6 Å². The minimum atomic E-state index is -0.877. The molecule has 32 heavy (non-hydrogen) atoms. The quantitative estimate of drug-likeness (QED) is 0.718. The van der Waals surface area contributed by atoms with Crippen LogP contribution < -0.4 is 15.5 Å². The van der Waals surface area contributed by atoms with Crippen molar-refractivity contribution in [2.24, 2.45) is 0 Å². The number of nitrogen functional groups attached to an aromatic ring is 1. The number of hydrogen-bond donors (Lipinski definition) is 2. The highest BCUT2D eigenvalue weighted by Crippen LogP contribution is 2.41. The number of carbonyl (C=O) groups is 1. The highest BCUT2D eigenvalue weighted by molar-refractivity contribution is 5.73. The lowest BCUT2D eigenvalue weighted by atomic mass is 9.99. The number of rotatable bonds is 3. The van der Waals surface area contributed by atoms with E-state index in [-0.39, 0.29) is 17.5 Å². The first kappa shape index (κ1) is 20.7. The summed E-state index contributed by atoms with van der Waals surface area (Å²) >= 11 is 0. The van der Waals surface area contributed by atoms with E-state index < -0.39 is 6.09 Å². The predicted octanol–water partition coefficient (Wildman–Crippen LogP) is 1.25. The van der Waals surface area contributed by atoms with Gasteiger partial charge in [0.05, 0.1) is 30.5 Å². The zero-order valence-electron chi connectivity index (χ0n) is 18.4. The molecule has 2 atom stereocenters. The zero-order chi connectivity index (χ0) is 22.5. The number of likely N-dealkylation sites (tertiary alicyclic amines) is 1. The van der Waals surface area contributed by atoms with Crippen LogP contribution in [0.25, 0.3) is 11.3 Å². The zero-order valence-corrected chi connectivity index (χ0v) is 18.4. The van der Waals surface area contributed by atoms with Gasteiger partial charge in [-0.05, 0) is 26.7 Å². The molecule has 11 nitrogen and oxygen atoms in total. The lowest BCUT2D eigenvalue weighted by Crippen LogP contribution is -2.49. The number of ether oxygens (including phenoxy) is 1. The van der Waals surface area contributed by atoms with Crippen molar-refractivity contribution in [3.8, 4) is 11.3 Å². The van der Waals surface area contributed by atoms with E-state index in [1.165, 1.54) is 4.90 Å². The van der Waals surface area contributed by atoms with Crippen molar-refractivity contribution < 1.29 is 14.6 Å². The molecule has 2 saturated heterocycles. The first-order valence-corrected chi connectivity index (χ1v) is 10.9. The molecule has 0 spiro atoms. The third-order valence-corrected chi connectivity index (χ3v) is 6.76. The van der Waals surface area contributed by atoms with Gasteiger partial charge in [0.15, 0.2) is 0 Å². The molecule has 0 saturated carbocycles. The van der Waals surface area contributed by atoms with Crippen LogP contribution in [0.4, 0.5) is 22.5 Å². The van der Waals surface area contributed by atoms with Crippen LogP contribution in [0, 0.1) is 0 Å². The number of hydrogen-bond acceptors (Lipinski definition) is 9. The van der Waals surface area contributed by atoms with Gasteiger partial charge >= 0.3 is 6.09 Å². The molecule has 0 aromatic carbocycles. The molecule has 3 aliphatic heterocycles. The van der Waals surface area contributed by atoms with Crippen molar-refractivity contribution in [2.75, 3.05) is 54.9 Å². The summed E-state index contributed by atoms with van der Waals surface area (Å²) in [6.45, 7) is 7.92. The summed E-state index contributed by atoms with van der Waals surface area (Å²) in [6, 6.07) is 0.150. The standard InChI is InChI=1S/C21H28N8O3/c1-13-11-32-8-7-28(13)19-25-16(14-9-23-18(22)24-10-14)15-3-5-29(17(15)26-19)21(2)4-6-27(12-21)20(30)31/h9-10,13H,3-8,11-12H2,1-2H3,(H,30,31)(H2,22,23,24)/t13-,21-/m0/s1. The first-order chi connectivity index (χ1) is 15.4. The van der Waals surface area contributed by atoms with Gasteiger partial charge in [-0.1, -0.05) is 0 Å². The molecular weight excluding hydrogens is 412 g/mol. The highest BCUT2D eigenvalue weighted by Gasteiger charge is 2.45. The number of aromatic nitrogens is 4. The molecule has 0 unspecified atom stereocenters. The van der Waals surface area contributed by atoms with Crippen molar-refractivity contribution in [2.45, 2.75) is 38.3 Å². The molecule has 2 fully saturated rings. The predicted molar refractivity (Wildman–Crippen MR) is 119 cm³/mol. The van der Waals surface area contributed by atoms with Crippen LogP contribution in [-0.4, -0.2) is 87.0 Å². The second kappa shape index (κ2) is 7.73. The maximum absolute atomic E-state index is 11.6. The van der Waals surface area contributed by atoms with E-state index in [1.807, 2.05) is 0 Å². The Balaban J connectivity index is 1.60. The average molecular weight is 441 g/mol. The van der Waals surface area contributed by atoms with E-state index in [0.29, 0.717) is 38.8 Å². The molecule has 0 radical (unpaired) electrons. The lowest BCUT2D eigenvalue weighted by Gasteiger charge is -2.38. The van der Waals surface area contributed by atoms with Crippen molar-refractivity contribution >= 4 is 23.8 Å². The average Bonchev–Trinajstić information content (AvgIpc) is 3.39. The van der Waals surface area contributed by atoms with Gasteiger partial charge in [-0.25, -0.2) is 19.7 Å². The van der Waals surface area contributed by atoms with Crippen molar-refractivity contribution in [1.82, 2.24) is 24.8 Å². The third-order valence-electron chi connectivity index (χ3n) is 6.76. The molecule has 3 aliphatic rings. The van der Waals surface area contributed by atoms with E-state index in [9.17, 15) is 9.90 Å². The SMILES string of the molecule is C[C@H]1COCCN1c1nc(-c2cnc(N)nc2)c2c(n1)N([C@@]1(C)CCN(C(=O)O)C1)CC2. The van der Waals surface area contributed by atoms with Gasteiger partial charge in [0.25, 0.3) is 0 Å². The van der Waals surface area contributed by atoms with E-state index >= 15 is 0 Å². The topological polar surface area (TPSA) is 134 Å². The van der Waals surface area contributed by atoms with E-state index in [4.69, 9.17) is 20.4 Å². The maximum Gasteiger partial charge on any atom is 0.407 e. The lowest BCUT2D eigenvalue weighted by molar-refractivity contribution is 0.0981. The molecule has 3 N–H and O–H groups in total. The third kappa shape index (κ3) is 3.46. The fourth-order valence-corrected chi connectivity index (χ4v) is 4.95. The van der Waals surface area contributed by atoms with Crippen LogP contribution in [-0.2, 0) is 11.2 Å². The summed E-state index contributed by atoms with van der Waals surface area (Å²) in [5.41, 5.74) is 8.03. The molecular formula is C21H28N8O3. The Morgan fingerprint density at radius 1 is 1.25 bits per heavy atom. The second-order valence-electron chi connectivity index (χ2n) is 8.97. The van der Waals surface area contributed by atoms with Crippen LogP contribution in [0.3, 0.4) is 0 Å². The Morgan fingerprint density at radius 2 is 2.03 bits per heavy atom. The summed E-state index contributed by atoms with van der Waals surface area (Å²) in [6.07, 6.45) is 4.05. The number of anilines is 3. The molecule has 0 aliphatic carbocycles. The van der Waals surface area contributed by atoms with Gasteiger partial charge in [0.1, 0.15) is 5.82 Å². The minimum Gasteiger partial charge on any atom is -0.465 e. The van der Waals surface area contributed by atoms with Gasteiger partial charge < -0.3 is 30.3 Å². The monoisotopic (exact) mass is 440 g/mol. The highest BCUT2D eigenvalue weighted by atomic mass is 16.5. The molecule has 5 rings (SSSR count). The molecule has 2 aromatic rings. The molecule has 0 bridgehead atoms. The summed E-state index contributed by atoms with van der Waals surface area (Å²) in [7, 11) is 0. The first-order valence-electron chi connectivity index (χ1n) is 10.9. The maximum atomic E-state index is 11.6. The summed E-state index contributed by atoms with van der Waals surface area (Å²) in [4.78, 5) is 35.8.